The van der Waals surface area contributed by atoms with E-state index in [1.54, 1.807) is 6.07 Å². The van der Waals surface area contributed by atoms with Gasteiger partial charge in [-0.05, 0) is 11.5 Å². The van der Waals surface area contributed by atoms with Crippen molar-refractivity contribution < 1.29 is 10.0 Å². The van der Waals surface area contributed by atoms with Crippen LogP contribution in [0.3, 0.4) is 0 Å². The number of hydrogen-bond donors (Lipinski definition) is 3. The van der Waals surface area contributed by atoms with E-state index in [9.17, 15) is 10.0 Å². The van der Waals surface area contributed by atoms with Gasteiger partial charge in [0, 0.05) is 5.39 Å². The molecular weight excluding hydrogens is 206 g/mol. The number of carbonyl (C=O) groups excluding carboxylic acids is 1. The van der Waals surface area contributed by atoms with Crippen molar-refractivity contribution in [1.29, 1.82) is 0 Å². The highest BCUT2D eigenvalue weighted by molar-refractivity contribution is 6.09. The van der Waals surface area contributed by atoms with Crippen LogP contribution in [0, 0.1) is 0 Å². The maximum atomic E-state index is 11.3. The van der Waals surface area contributed by atoms with E-state index >= 15 is 0 Å². The number of amides is 2. The molecule has 0 spiro atoms. The van der Waals surface area contributed by atoms with Crippen LogP contribution in [0.1, 0.15) is 0 Å². The first-order chi connectivity index (χ1) is 7.77. The zero-order chi connectivity index (χ0) is 11.1. The minimum absolute atomic E-state index is 0.474. The fraction of sp³-hybridized carbons (Fsp3) is 0. The molecule has 3 N–H and O–H groups in total. The Labute approximate surface area is 91.2 Å². The number of anilines is 2. The summed E-state index contributed by atoms with van der Waals surface area (Å²) in [6.07, 6.45) is 0. The molecule has 0 fully saturated rings. The zero-order valence-electron chi connectivity index (χ0n) is 8.27. The van der Waals surface area contributed by atoms with Gasteiger partial charge >= 0.3 is 6.03 Å². The lowest BCUT2D eigenvalue weighted by Crippen LogP contribution is -2.45. The number of nitrogens with one attached hydrogen (secondary N) is 2. The molecule has 2 amide bonds. The Morgan fingerprint density at radius 1 is 1.06 bits per heavy atom. The predicted octanol–water partition coefficient (Wildman–Crippen LogP) is 2.09. The molecule has 1 heterocycles. The SMILES string of the molecule is O=C1NNc2ccc3ccccc3c2N1O. The Kier molecular flexibility index (Phi) is 1.75. The van der Waals surface area contributed by atoms with Gasteiger partial charge in [0.25, 0.3) is 0 Å². The van der Waals surface area contributed by atoms with E-state index in [-0.39, 0.29) is 0 Å². The molecule has 0 unspecified atom stereocenters. The number of carbonyl (C=O) groups is 1. The number of nitrogens with zero attached hydrogens (tertiary/aromatic N) is 1. The van der Waals surface area contributed by atoms with Crippen molar-refractivity contribution in [2.75, 3.05) is 10.5 Å². The molecule has 3 rings (SSSR count). The number of hydrogen-bond acceptors (Lipinski definition) is 3. The van der Waals surface area contributed by atoms with E-state index in [1.165, 1.54) is 0 Å². The van der Waals surface area contributed by atoms with Gasteiger partial charge in [-0.1, -0.05) is 30.3 Å². The third-order valence-electron chi connectivity index (χ3n) is 2.61. The summed E-state index contributed by atoms with van der Waals surface area (Å²) >= 11 is 0. The number of hydrazine groups is 1. The summed E-state index contributed by atoms with van der Waals surface area (Å²) in [4.78, 5) is 11.3. The van der Waals surface area contributed by atoms with Crippen molar-refractivity contribution in [2.45, 2.75) is 0 Å². The summed E-state index contributed by atoms with van der Waals surface area (Å²) in [6.45, 7) is 0. The maximum absolute atomic E-state index is 11.3. The smallest absolute Gasteiger partial charge is 0.295 e. The van der Waals surface area contributed by atoms with Gasteiger partial charge in [0.1, 0.15) is 5.69 Å². The molecule has 0 saturated carbocycles. The zero-order valence-corrected chi connectivity index (χ0v) is 8.27. The molecule has 5 heteroatoms. The van der Waals surface area contributed by atoms with Crippen molar-refractivity contribution in [3.05, 3.63) is 36.4 Å². The topological polar surface area (TPSA) is 64.6 Å². The monoisotopic (exact) mass is 215 g/mol. The van der Waals surface area contributed by atoms with Crippen LogP contribution in [0.5, 0.6) is 0 Å². The van der Waals surface area contributed by atoms with E-state index < -0.39 is 6.03 Å². The third-order valence-corrected chi connectivity index (χ3v) is 2.61. The van der Waals surface area contributed by atoms with Crippen LogP contribution in [-0.4, -0.2) is 11.2 Å². The van der Waals surface area contributed by atoms with Gasteiger partial charge in [-0.2, -0.15) is 5.06 Å². The quantitative estimate of drug-likeness (QED) is 0.589. The summed E-state index contributed by atoms with van der Waals surface area (Å²) in [5, 5.41) is 12.1. The largest absolute Gasteiger partial charge is 0.364 e. The summed E-state index contributed by atoms with van der Waals surface area (Å²) in [5.74, 6) is 0. The van der Waals surface area contributed by atoms with Crippen LogP contribution in [0.2, 0.25) is 0 Å². The third kappa shape index (κ3) is 1.12. The second-order valence-electron chi connectivity index (χ2n) is 3.55. The number of fused-ring (bicyclic) bond motifs is 3. The maximum Gasteiger partial charge on any atom is 0.364 e. The van der Waals surface area contributed by atoms with Crippen LogP contribution in [0.15, 0.2) is 36.4 Å². The molecule has 0 bridgehead atoms. The van der Waals surface area contributed by atoms with Gasteiger partial charge in [0.05, 0.1) is 5.69 Å². The lowest BCUT2D eigenvalue weighted by molar-refractivity contribution is 0.205. The summed E-state index contributed by atoms with van der Waals surface area (Å²) in [6, 6.07) is 10.7. The summed E-state index contributed by atoms with van der Waals surface area (Å²) in [5.41, 5.74) is 6.21. The van der Waals surface area contributed by atoms with Crippen LogP contribution >= 0.6 is 0 Å². The fourth-order valence-electron chi connectivity index (χ4n) is 1.86. The number of urea groups is 1. The number of rotatable bonds is 0. The molecule has 1 aliphatic rings. The Morgan fingerprint density at radius 2 is 1.88 bits per heavy atom. The minimum atomic E-state index is -0.594. The van der Waals surface area contributed by atoms with Crippen LogP contribution in [0.4, 0.5) is 16.2 Å². The van der Waals surface area contributed by atoms with Gasteiger partial charge in [0.15, 0.2) is 0 Å². The van der Waals surface area contributed by atoms with Crippen molar-refractivity contribution in [3.8, 4) is 0 Å². The molecule has 0 atom stereocenters. The summed E-state index contributed by atoms with van der Waals surface area (Å²) in [7, 11) is 0. The van der Waals surface area contributed by atoms with E-state index in [4.69, 9.17) is 0 Å². The Bertz CT molecular complexity index is 582. The fourth-order valence-corrected chi connectivity index (χ4v) is 1.86. The van der Waals surface area contributed by atoms with Crippen molar-refractivity contribution >= 4 is 28.2 Å². The highest BCUT2D eigenvalue weighted by Crippen LogP contribution is 2.35. The van der Waals surface area contributed by atoms with Crippen LogP contribution < -0.4 is 15.9 Å². The second-order valence-corrected chi connectivity index (χ2v) is 3.55. The van der Waals surface area contributed by atoms with Crippen molar-refractivity contribution in [3.63, 3.8) is 0 Å². The Morgan fingerprint density at radius 3 is 2.75 bits per heavy atom. The molecule has 0 saturated heterocycles. The van der Waals surface area contributed by atoms with E-state index in [0.717, 1.165) is 10.8 Å². The molecule has 16 heavy (non-hydrogen) atoms. The average molecular weight is 215 g/mol. The van der Waals surface area contributed by atoms with Gasteiger partial charge in [-0.25, -0.2) is 10.2 Å². The van der Waals surface area contributed by atoms with Crippen LogP contribution in [0.25, 0.3) is 10.8 Å². The van der Waals surface area contributed by atoms with Crippen molar-refractivity contribution in [1.82, 2.24) is 5.43 Å². The average Bonchev–Trinajstić information content (AvgIpc) is 2.33. The second kappa shape index (κ2) is 3.11. The molecule has 0 aliphatic carbocycles. The molecule has 0 aromatic heterocycles. The van der Waals surface area contributed by atoms with Gasteiger partial charge in [0.2, 0.25) is 0 Å². The van der Waals surface area contributed by atoms with E-state index in [1.807, 2.05) is 30.3 Å². The first-order valence-corrected chi connectivity index (χ1v) is 4.84. The molecule has 2 aromatic rings. The van der Waals surface area contributed by atoms with Gasteiger partial charge in [-0.15, -0.1) is 0 Å². The van der Waals surface area contributed by atoms with Gasteiger partial charge < -0.3 is 0 Å². The highest BCUT2D eigenvalue weighted by Gasteiger charge is 2.24. The first-order valence-electron chi connectivity index (χ1n) is 4.84. The standard InChI is InChI=1S/C11H9N3O2/c15-11-13-12-9-6-5-7-3-1-2-4-8(7)10(9)14(11)16/h1-6,12,16H,(H,13,15). The molecular formula is C11H9N3O2. The number of benzene rings is 2. The van der Waals surface area contributed by atoms with Gasteiger partial charge in [-0.3, -0.25) is 10.6 Å². The normalized spacial score (nSPS) is 14.3. The van der Waals surface area contributed by atoms with E-state index in [0.29, 0.717) is 16.4 Å². The summed E-state index contributed by atoms with van der Waals surface area (Å²) < 4.78 is 0. The lowest BCUT2D eigenvalue weighted by Gasteiger charge is -2.26. The first kappa shape index (κ1) is 8.99. The lowest BCUT2D eigenvalue weighted by atomic mass is 10.1. The molecule has 2 aromatic carbocycles. The highest BCUT2D eigenvalue weighted by atomic mass is 16.5. The van der Waals surface area contributed by atoms with Crippen LogP contribution in [-0.2, 0) is 0 Å². The predicted molar refractivity (Wildman–Crippen MR) is 60.4 cm³/mol. The molecule has 1 aliphatic heterocycles. The number of hydroxylamine groups is 1. The van der Waals surface area contributed by atoms with Crippen molar-refractivity contribution in [2.24, 2.45) is 0 Å². The Hall–Kier alpha value is -2.27. The van der Waals surface area contributed by atoms with E-state index in [2.05, 4.69) is 10.9 Å². The molecule has 80 valence electrons. The minimum Gasteiger partial charge on any atom is -0.295 e. The molecule has 0 radical (unpaired) electrons. The molecule has 5 nitrogen and oxygen atoms in total. The Balaban J connectivity index is 2.36.